The van der Waals surface area contributed by atoms with Crippen LogP contribution in [-0.4, -0.2) is 31.2 Å². The van der Waals surface area contributed by atoms with Crippen molar-refractivity contribution >= 4 is 11.4 Å². The molecule has 0 radical (unpaired) electrons. The molecule has 1 unspecified atom stereocenters. The van der Waals surface area contributed by atoms with Gasteiger partial charge in [-0.05, 0) is 43.5 Å². The van der Waals surface area contributed by atoms with Crippen LogP contribution in [0.5, 0.6) is 0 Å². The average molecular weight is 264 g/mol. The van der Waals surface area contributed by atoms with E-state index in [1.54, 1.807) is 0 Å². The Balaban J connectivity index is 2.51. The van der Waals surface area contributed by atoms with Crippen molar-refractivity contribution in [2.24, 2.45) is 0 Å². The van der Waals surface area contributed by atoms with Crippen molar-refractivity contribution in [1.29, 1.82) is 0 Å². The summed E-state index contributed by atoms with van der Waals surface area (Å²) in [5.41, 5.74) is 14.6. The van der Waals surface area contributed by atoms with Gasteiger partial charge in [0.15, 0.2) is 0 Å². The molecule has 0 aliphatic rings. The van der Waals surface area contributed by atoms with E-state index in [0.717, 1.165) is 28.7 Å². The van der Waals surface area contributed by atoms with Crippen LogP contribution in [-0.2, 0) is 6.42 Å². The molecule has 3 heteroatoms. The molecule has 1 aromatic carbocycles. The minimum absolute atomic E-state index is 0.711. The maximum Gasteiger partial charge on any atom is 0.0857 e. The summed E-state index contributed by atoms with van der Waals surface area (Å²) >= 11 is 0. The van der Waals surface area contributed by atoms with Gasteiger partial charge in [-0.2, -0.15) is 0 Å². The van der Waals surface area contributed by atoms with Gasteiger partial charge >= 0.3 is 0 Å². The quantitative estimate of drug-likeness (QED) is 0.587. The first-order valence-electron chi connectivity index (χ1n) is 7.33. The van der Waals surface area contributed by atoms with Crippen molar-refractivity contribution in [2.45, 2.75) is 45.6 Å². The number of rotatable bonds is 7. The number of nitrogen functional groups attached to an aromatic ring is 2. The highest BCUT2D eigenvalue weighted by Gasteiger charge is 2.22. The number of hydrogen-bond acceptors (Lipinski definition) is 2. The van der Waals surface area contributed by atoms with Gasteiger partial charge in [-0.25, -0.2) is 0 Å². The van der Waals surface area contributed by atoms with Gasteiger partial charge in [0, 0.05) is 17.8 Å². The molecular formula is C16H30N3+. The minimum atomic E-state index is 0.711. The summed E-state index contributed by atoms with van der Waals surface area (Å²) < 4.78 is 1.08. The second kappa shape index (κ2) is 6.80. The zero-order valence-corrected chi connectivity index (χ0v) is 12.9. The highest BCUT2D eigenvalue weighted by molar-refractivity contribution is 5.55. The van der Waals surface area contributed by atoms with Crippen LogP contribution in [0.4, 0.5) is 11.4 Å². The Morgan fingerprint density at radius 1 is 1.21 bits per heavy atom. The lowest BCUT2D eigenvalue weighted by molar-refractivity contribution is -0.913. The van der Waals surface area contributed by atoms with Gasteiger partial charge in [0.2, 0.25) is 0 Å². The van der Waals surface area contributed by atoms with Crippen LogP contribution in [0.2, 0.25) is 0 Å². The zero-order valence-electron chi connectivity index (χ0n) is 12.9. The minimum Gasteiger partial charge on any atom is -0.399 e. The van der Waals surface area contributed by atoms with Crippen LogP contribution in [0.1, 0.15) is 38.7 Å². The lowest BCUT2D eigenvalue weighted by Crippen LogP contribution is -2.47. The van der Waals surface area contributed by atoms with Gasteiger partial charge in [-0.15, -0.1) is 0 Å². The monoisotopic (exact) mass is 264 g/mol. The molecule has 3 nitrogen and oxygen atoms in total. The molecule has 0 amide bonds. The Hall–Kier alpha value is -1.22. The molecule has 0 saturated heterocycles. The molecule has 0 aromatic heterocycles. The van der Waals surface area contributed by atoms with Crippen molar-refractivity contribution in [1.82, 2.24) is 0 Å². The van der Waals surface area contributed by atoms with Gasteiger partial charge in [-0.3, -0.25) is 0 Å². The van der Waals surface area contributed by atoms with Crippen LogP contribution in [0.15, 0.2) is 18.2 Å². The van der Waals surface area contributed by atoms with E-state index < -0.39 is 0 Å². The fourth-order valence-electron chi connectivity index (χ4n) is 2.51. The van der Waals surface area contributed by atoms with E-state index in [1.807, 2.05) is 18.2 Å². The number of aryl methyl sites for hydroxylation is 1. The number of hydrogen-bond donors (Lipinski definition) is 2. The summed E-state index contributed by atoms with van der Waals surface area (Å²) in [5.74, 6) is 0. The normalized spacial score (nSPS) is 13.5. The van der Waals surface area contributed by atoms with Crippen molar-refractivity contribution in [2.75, 3.05) is 32.1 Å². The highest BCUT2D eigenvalue weighted by Crippen LogP contribution is 2.19. The topological polar surface area (TPSA) is 52.0 Å². The van der Waals surface area contributed by atoms with Gasteiger partial charge in [0.05, 0.1) is 26.7 Å². The third kappa shape index (κ3) is 4.75. The van der Waals surface area contributed by atoms with Crippen molar-refractivity contribution in [3.8, 4) is 0 Å². The largest absolute Gasteiger partial charge is 0.399 e. The lowest BCUT2D eigenvalue weighted by Gasteiger charge is -2.36. The average Bonchev–Trinajstić information content (AvgIpc) is 2.33. The second-order valence-corrected chi connectivity index (χ2v) is 6.20. The Kier molecular flexibility index (Phi) is 5.67. The van der Waals surface area contributed by atoms with E-state index in [9.17, 15) is 0 Å². The Labute approximate surface area is 118 Å². The zero-order chi connectivity index (χ0) is 14.5. The van der Waals surface area contributed by atoms with Crippen LogP contribution in [0, 0.1) is 0 Å². The number of anilines is 2. The molecule has 0 saturated carbocycles. The predicted octanol–water partition coefficient (Wildman–Crippen LogP) is 3.05. The molecule has 0 heterocycles. The first kappa shape index (κ1) is 15.8. The molecule has 1 rings (SSSR count). The van der Waals surface area contributed by atoms with E-state index >= 15 is 0 Å². The van der Waals surface area contributed by atoms with Crippen LogP contribution >= 0.6 is 0 Å². The summed E-state index contributed by atoms with van der Waals surface area (Å²) in [6.45, 7) is 5.78. The molecule has 108 valence electrons. The molecule has 0 bridgehead atoms. The van der Waals surface area contributed by atoms with Gasteiger partial charge < -0.3 is 16.0 Å². The SMILES string of the molecule is CCCC(C)[N+](C)(C)CCCc1cc(N)ccc1N. The summed E-state index contributed by atoms with van der Waals surface area (Å²) in [6, 6.07) is 6.49. The fraction of sp³-hybridized carbons (Fsp3) is 0.625. The maximum absolute atomic E-state index is 5.99. The highest BCUT2D eigenvalue weighted by atomic mass is 15.3. The van der Waals surface area contributed by atoms with Gasteiger partial charge in [-0.1, -0.05) is 13.3 Å². The maximum atomic E-state index is 5.99. The standard InChI is InChI=1S/C16H30N3/c1-5-7-13(2)19(3,4)11-6-8-14-12-15(17)9-10-16(14)18/h9-10,12-13H,5-8,11,17-18H2,1-4H3/q+1. The Bertz CT molecular complexity index is 399. The molecule has 0 aliphatic heterocycles. The fourth-order valence-corrected chi connectivity index (χ4v) is 2.51. The number of benzene rings is 1. The molecular weight excluding hydrogens is 234 g/mol. The van der Waals surface area contributed by atoms with Gasteiger partial charge in [0.25, 0.3) is 0 Å². The van der Waals surface area contributed by atoms with E-state index in [4.69, 9.17) is 11.5 Å². The number of nitrogens with two attached hydrogens (primary N) is 2. The second-order valence-electron chi connectivity index (χ2n) is 6.20. The van der Waals surface area contributed by atoms with Crippen molar-refractivity contribution < 1.29 is 4.48 Å². The molecule has 19 heavy (non-hydrogen) atoms. The van der Waals surface area contributed by atoms with E-state index in [0.29, 0.717) is 6.04 Å². The van der Waals surface area contributed by atoms with Gasteiger partial charge in [0.1, 0.15) is 0 Å². The summed E-state index contributed by atoms with van der Waals surface area (Å²) in [4.78, 5) is 0. The first-order valence-corrected chi connectivity index (χ1v) is 7.33. The summed E-state index contributed by atoms with van der Waals surface area (Å²) in [6.07, 6.45) is 4.70. The smallest absolute Gasteiger partial charge is 0.0857 e. The predicted molar refractivity (Wildman–Crippen MR) is 84.9 cm³/mol. The van der Waals surface area contributed by atoms with Crippen LogP contribution < -0.4 is 11.5 Å². The Morgan fingerprint density at radius 2 is 1.89 bits per heavy atom. The van der Waals surface area contributed by atoms with E-state index in [-0.39, 0.29) is 0 Å². The number of nitrogens with zero attached hydrogens (tertiary/aromatic N) is 1. The molecule has 4 N–H and O–H groups in total. The Morgan fingerprint density at radius 3 is 2.53 bits per heavy atom. The van der Waals surface area contributed by atoms with Crippen LogP contribution in [0.3, 0.4) is 0 Å². The van der Waals surface area contributed by atoms with Crippen molar-refractivity contribution in [3.63, 3.8) is 0 Å². The van der Waals surface area contributed by atoms with E-state index in [2.05, 4.69) is 27.9 Å². The van der Waals surface area contributed by atoms with E-state index in [1.165, 1.54) is 24.9 Å². The van der Waals surface area contributed by atoms with Crippen LogP contribution in [0.25, 0.3) is 0 Å². The molecule has 1 aromatic rings. The summed E-state index contributed by atoms with van der Waals surface area (Å²) in [5, 5.41) is 0. The molecule has 1 atom stereocenters. The number of quaternary nitrogens is 1. The lowest BCUT2D eigenvalue weighted by atomic mass is 10.0. The third-order valence-corrected chi connectivity index (χ3v) is 4.25. The first-order chi connectivity index (χ1) is 8.86. The van der Waals surface area contributed by atoms with Crippen molar-refractivity contribution in [3.05, 3.63) is 23.8 Å². The molecule has 0 fully saturated rings. The molecule has 0 spiro atoms. The summed E-state index contributed by atoms with van der Waals surface area (Å²) in [7, 11) is 4.64. The third-order valence-electron chi connectivity index (χ3n) is 4.25. The molecule has 0 aliphatic carbocycles.